The molecule has 4 fully saturated rings. The molecule has 4 saturated heterocycles. The number of piperazine rings is 1. The smallest absolute Gasteiger partial charge is 0.253 e. The summed E-state index contributed by atoms with van der Waals surface area (Å²) in [5.41, 5.74) is 6.52. The van der Waals surface area contributed by atoms with Crippen molar-refractivity contribution in [3.8, 4) is 22.6 Å². The summed E-state index contributed by atoms with van der Waals surface area (Å²) in [4.78, 5) is 61.4. The number of anilines is 1. The maximum absolute atomic E-state index is 13.7. The highest BCUT2D eigenvalue weighted by Gasteiger charge is 2.42. The number of nitrogens with zero attached hydrogens (tertiary/aromatic N) is 5. The van der Waals surface area contributed by atoms with Gasteiger partial charge in [-0.15, -0.1) is 0 Å². The minimum absolute atomic E-state index is 0.00205. The number of carbonyl (C=O) groups excluding carboxylic acids is 3. The lowest BCUT2D eigenvalue weighted by Gasteiger charge is -2.42. The fourth-order valence-electron chi connectivity index (χ4n) is 8.88. The molecule has 282 valence electrons. The number of benzene rings is 1. The van der Waals surface area contributed by atoms with Crippen molar-refractivity contribution in [1.29, 1.82) is 0 Å². The van der Waals surface area contributed by atoms with Gasteiger partial charge in [0, 0.05) is 100 Å². The van der Waals surface area contributed by atoms with Gasteiger partial charge in [0.1, 0.15) is 11.5 Å². The predicted octanol–water partition coefficient (Wildman–Crippen LogP) is 4.16. The zero-order valence-electron chi connectivity index (χ0n) is 31.7. The molecule has 4 aliphatic heterocycles. The molecule has 1 N–H and O–H groups in total. The maximum Gasteiger partial charge on any atom is 0.253 e. The van der Waals surface area contributed by atoms with Crippen LogP contribution in [0.25, 0.3) is 11.1 Å². The lowest BCUT2D eigenvalue weighted by molar-refractivity contribution is -0.137. The third kappa shape index (κ3) is 7.56. The largest absolute Gasteiger partial charge is 0.496 e. The first-order valence-corrected chi connectivity index (χ1v) is 19.0. The minimum atomic E-state index is -0.212. The van der Waals surface area contributed by atoms with Gasteiger partial charge in [-0.05, 0) is 87.3 Å². The van der Waals surface area contributed by atoms with Crippen molar-refractivity contribution < 1.29 is 23.9 Å². The van der Waals surface area contributed by atoms with Crippen molar-refractivity contribution in [2.75, 3.05) is 45.3 Å². The number of hydrogen-bond donors (Lipinski definition) is 1. The van der Waals surface area contributed by atoms with Crippen LogP contribution in [0.15, 0.2) is 41.5 Å². The number of methoxy groups -OCH3 is 2. The van der Waals surface area contributed by atoms with Gasteiger partial charge in [-0.2, -0.15) is 0 Å². The molecule has 3 atom stereocenters. The quantitative estimate of drug-likeness (QED) is 0.307. The Balaban J connectivity index is 0.934. The standard InChI is InChI=1S/C41H52N6O6/c1-25-26(2)41(51)44(3)23-34(25)29-18-36(52-4)35(37(19-29)53-5)24-47-32-9-10-33(47)22-46(21-32)39(49)16-27-12-14-45(15-13-27)31-8-7-30(42-20-31)17-28-6-11-38(48)43-40(28)50/h7-8,18-20,23,27-28,32-33H,6,9-17,21-22,24H2,1-5H3,(H,43,48,50). The van der Waals surface area contributed by atoms with Crippen LogP contribution in [-0.2, 0) is 34.4 Å². The average Bonchev–Trinajstić information content (AvgIpc) is 3.38. The second kappa shape index (κ2) is 15.3. The van der Waals surface area contributed by atoms with E-state index in [1.807, 2.05) is 44.4 Å². The Labute approximate surface area is 311 Å². The van der Waals surface area contributed by atoms with E-state index in [9.17, 15) is 19.2 Å². The number of likely N-dealkylation sites (tertiary alicyclic amines) is 1. The summed E-state index contributed by atoms with van der Waals surface area (Å²) >= 11 is 0. The Hall–Kier alpha value is -4.71. The van der Waals surface area contributed by atoms with E-state index in [0.717, 1.165) is 103 Å². The summed E-state index contributed by atoms with van der Waals surface area (Å²) in [6, 6.07) is 8.73. The first kappa shape index (κ1) is 36.6. The Bertz CT molecular complexity index is 1890. The van der Waals surface area contributed by atoms with Crippen molar-refractivity contribution in [2.24, 2.45) is 18.9 Å². The lowest BCUT2D eigenvalue weighted by atomic mass is 9.92. The van der Waals surface area contributed by atoms with E-state index in [2.05, 4.69) is 31.1 Å². The Morgan fingerprint density at radius 3 is 2.21 bits per heavy atom. The van der Waals surface area contributed by atoms with Gasteiger partial charge in [-0.3, -0.25) is 34.4 Å². The second-order valence-electron chi connectivity index (χ2n) is 15.4. The normalized spacial score (nSPS) is 22.2. The number of piperidine rings is 2. The molecule has 2 aromatic heterocycles. The van der Waals surface area contributed by atoms with Crippen LogP contribution in [0.5, 0.6) is 11.5 Å². The number of pyridine rings is 2. The van der Waals surface area contributed by atoms with Crippen LogP contribution in [0.1, 0.15) is 67.3 Å². The van der Waals surface area contributed by atoms with Gasteiger partial charge in [0.05, 0.1) is 31.7 Å². The summed E-state index contributed by atoms with van der Waals surface area (Å²) < 4.78 is 13.5. The van der Waals surface area contributed by atoms with E-state index in [0.29, 0.717) is 38.1 Å². The molecular formula is C41H52N6O6. The van der Waals surface area contributed by atoms with Crippen LogP contribution in [0.4, 0.5) is 5.69 Å². The molecule has 1 aromatic carbocycles. The highest BCUT2D eigenvalue weighted by atomic mass is 16.5. The van der Waals surface area contributed by atoms with Crippen molar-refractivity contribution >= 4 is 23.4 Å². The molecule has 12 heteroatoms. The van der Waals surface area contributed by atoms with Crippen LogP contribution in [-0.4, -0.2) is 89.6 Å². The number of imide groups is 1. The molecule has 2 bridgehead atoms. The molecule has 3 unspecified atom stereocenters. The molecule has 4 aliphatic rings. The lowest BCUT2D eigenvalue weighted by Crippen LogP contribution is -2.55. The van der Waals surface area contributed by atoms with E-state index in [1.165, 1.54) is 0 Å². The van der Waals surface area contributed by atoms with Crippen molar-refractivity contribution in [2.45, 2.75) is 83.8 Å². The number of nitrogens with one attached hydrogen (secondary N) is 1. The third-order valence-electron chi connectivity index (χ3n) is 12.2. The van der Waals surface area contributed by atoms with Gasteiger partial charge >= 0.3 is 0 Å². The number of ether oxygens (including phenoxy) is 2. The van der Waals surface area contributed by atoms with Crippen LogP contribution in [0, 0.1) is 25.7 Å². The summed E-state index contributed by atoms with van der Waals surface area (Å²) in [5.74, 6) is 1.53. The number of fused-ring (bicyclic) bond motifs is 2. The summed E-state index contributed by atoms with van der Waals surface area (Å²) in [5, 5.41) is 2.43. The van der Waals surface area contributed by atoms with Gasteiger partial charge in [-0.1, -0.05) is 0 Å². The molecule has 12 nitrogen and oxygen atoms in total. The molecule has 0 saturated carbocycles. The van der Waals surface area contributed by atoms with Crippen LogP contribution in [0.2, 0.25) is 0 Å². The number of carbonyl (C=O) groups is 3. The Morgan fingerprint density at radius 1 is 0.925 bits per heavy atom. The minimum Gasteiger partial charge on any atom is -0.496 e. The monoisotopic (exact) mass is 724 g/mol. The fraction of sp³-hybridized carbons (Fsp3) is 0.537. The zero-order chi connectivity index (χ0) is 37.4. The summed E-state index contributed by atoms with van der Waals surface area (Å²) in [6.07, 6.45) is 9.88. The van der Waals surface area contributed by atoms with Gasteiger partial charge in [-0.25, -0.2) is 0 Å². The predicted molar refractivity (Wildman–Crippen MR) is 202 cm³/mol. The number of aryl methyl sites for hydroxylation is 1. The number of hydrogen-bond acceptors (Lipinski definition) is 9. The van der Waals surface area contributed by atoms with Gasteiger partial charge in [0.15, 0.2) is 0 Å². The van der Waals surface area contributed by atoms with Crippen molar-refractivity contribution in [3.63, 3.8) is 0 Å². The first-order valence-electron chi connectivity index (χ1n) is 19.0. The van der Waals surface area contributed by atoms with Crippen LogP contribution in [0.3, 0.4) is 0 Å². The molecule has 0 aliphatic carbocycles. The number of rotatable bonds is 10. The molecule has 3 aromatic rings. The fourth-order valence-corrected chi connectivity index (χ4v) is 8.88. The van der Waals surface area contributed by atoms with Gasteiger partial charge < -0.3 is 23.8 Å². The SMILES string of the molecule is COc1cc(-c2cn(C)c(=O)c(C)c2C)cc(OC)c1CN1C2CCC1CN(C(=O)CC1CCN(c3ccc(CC4CCC(=O)NC4=O)nc3)CC1)C2. The molecule has 0 spiro atoms. The van der Waals surface area contributed by atoms with E-state index in [1.54, 1.807) is 25.8 Å². The van der Waals surface area contributed by atoms with Crippen molar-refractivity contribution in [1.82, 2.24) is 24.7 Å². The highest BCUT2D eigenvalue weighted by Crippen LogP contribution is 2.40. The van der Waals surface area contributed by atoms with E-state index >= 15 is 0 Å². The Morgan fingerprint density at radius 2 is 1.60 bits per heavy atom. The molecular weight excluding hydrogens is 672 g/mol. The number of amides is 3. The van der Waals surface area contributed by atoms with Gasteiger partial charge in [0.2, 0.25) is 17.7 Å². The van der Waals surface area contributed by atoms with Gasteiger partial charge in [0.25, 0.3) is 5.56 Å². The molecule has 6 heterocycles. The van der Waals surface area contributed by atoms with Crippen LogP contribution >= 0.6 is 0 Å². The zero-order valence-corrected chi connectivity index (χ0v) is 31.7. The molecule has 3 amide bonds. The second-order valence-corrected chi connectivity index (χ2v) is 15.4. The molecule has 53 heavy (non-hydrogen) atoms. The van der Waals surface area contributed by atoms with Crippen LogP contribution < -0.4 is 25.2 Å². The summed E-state index contributed by atoms with van der Waals surface area (Å²) in [7, 11) is 5.16. The third-order valence-corrected chi connectivity index (χ3v) is 12.2. The highest BCUT2D eigenvalue weighted by molar-refractivity contribution is 5.98. The van der Waals surface area contributed by atoms with E-state index in [-0.39, 0.29) is 41.3 Å². The first-order chi connectivity index (χ1) is 25.5. The topological polar surface area (TPSA) is 126 Å². The van der Waals surface area contributed by atoms with E-state index in [4.69, 9.17) is 9.47 Å². The average molecular weight is 725 g/mol. The van der Waals surface area contributed by atoms with Crippen molar-refractivity contribution in [3.05, 3.63) is 69.4 Å². The maximum atomic E-state index is 13.7. The molecule has 0 radical (unpaired) electrons. The Kier molecular flexibility index (Phi) is 10.6. The number of aromatic nitrogens is 2. The summed E-state index contributed by atoms with van der Waals surface area (Å²) in [6.45, 7) is 7.77. The van der Waals surface area contributed by atoms with E-state index < -0.39 is 0 Å². The molecule has 7 rings (SSSR count).